The standard InChI is InChI=1S/C19H17NO2S3/c21-25(22)18-4-3-14(17-2-1-6-24-17)8-15(18)16-10-20(11-19(16)25)9-13-5-7-23-12-13/h1-8,12,16,19H,9-11H2. The van der Waals surface area contributed by atoms with E-state index in [0.717, 1.165) is 24.2 Å². The minimum Gasteiger partial charge on any atom is -0.297 e. The molecule has 0 amide bonds. The summed E-state index contributed by atoms with van der Waals surface area (Å²) in [6.07, 6.45) is 0. The van der Waals surface area contributed by atoms with Crippen LogP contribution in [0.25, 0.3) is 10.4 Å². The Morgan fingerprint density at radius 1 is 1.12 bits per heavy atom. The topological polar surface area (TPSA) is 37.4 Å². The van der Waals surface area contributed by atoms with E-state index in [-0.39, 0.29) is 11.2 Å². The summed E-state index contributed by atoms with van der Waals surface area (Å²) in [5.74, 6) is 0.0959. The van der Waals surface area contributed by atoms with Crippen LogP contribution >= 0.6 is 22.7 Å². The Kier molecular flexibility index (Phi) is 3.64. The van der Waals surface area contributed by atoms with Gasteiger partial charge in [0.15, 0.2) is 9.84 Å². The summed E-state index contributed by atoms with van der Waals surface area (Å²) in [7, 11) is -3.22. The Labute approximate surface area is 155 Å². The highest BCUT2D eigenvalue weighted by Crippen LogP contribution is 2.46. The van der Waals surface area contributed by atoms with Gasteiger partial charge in [-0.15, -0.1) is 11.3 Å². The lowest BCUT2D eigenvalue weighted by Crippen LogP contribution is -2.25. The van der Waals surface area contributed by atoms with Gasteiger partial charge in [0, 0.05) is 30.4 Å². The van der Waals surface area contributed by atoms with E-state index in [9.17, 15) is 8.42 Å². The first-order chi connectivity index (χ1) is 12.1. The molecule has 2 aliphatic rings. The van der Waals surface area contributed by atoms with Crippen LogP contribution in [0.3, 0.4) is 0 Å². The van der Waals surface area contributed by atoms with Gasteiger partial charge in [-0.2, -0.15) is 11.3 Å². The van der Waals surface area contributed by atoms with Crippen LogP contribution in [0.4, 0.5) is 0 Å². The van der Waals surface area contributed by atoms with Crippen molar-refractivity contribution in [2.75, 3.05) is 13.1 Å². The lowest BCUT2D eigenvalue weighted by molar-refractivity contribution is 0.326. The summed E-state index contributed by atoms with van der Waals surface area (Å²) in [4.78, 5) is 4.03. The number of sulfone groups is 1. The van der Waals surface area contributed by atoms with Gasteiger partial charge in [0.2, 0.25) is 0 Å². The zero-order valence-corrected chi connectivity index (χ0v) is 15.9. The van der Waals surface area contributed by atoms with E-state index < -0.39 is 9.84 Å². The van der Waals surface area contributed by atoms with Crippen molar-refractivity contribution in [3.8, 4) is 10.4 Å². The Morgan fingerprint density at radius 3 is 2.80 bits per heavy atom. The van der Waals surface area contributed by atoms with Crippen LogP contribution in [0.15, 0.2) is 57.4 Å². The van der Waals surface area contributed by atoms with Crippen molar-refractivity contribution in [2.24, 2.45) is 0 Å². The maximum atomic E-state index is 13.0. The molecule has 2 aliphatic heterocycles. The van der Waals surface area contributed by atoms with E-state index in [0.29, 0.717) is 11.4 Å². The van der Waals surface area contributed by atoms with Crippen molar-refractivity contribution < 1.29 is 8.42 Å². The molecule has 1 fully saturated rings. The molecule has 5 rings (SSSR count). The largest absolute Gasteiger partial charge is 0.297 e. The van der Waals surface area contributed by atoms with E-state index >= 15 is 0 Å². The van der Waals surface area contributed by atoms with Crippen molar-refractivity contribution in [3.05, 3.63) is 63.7 Å². The van der Waals surface area contributed by atoms with E-state index in [1.54, 1.807) is 22.7 Å². The van der Waals surface area contributed by atoms with Crippen LogP contribution in [0, 0.1) is 0 Å². The van der Waals surface area contributed by atoms with E-state index in [1.807, 2.05) is 18.2 Å². The van der Waals surface area contributed by atoms with Crippen molar-refractivity contribution in [3.63, 3.8) is 0 Å². The molecule has 6 heteroatoms. The van der Waals surface area contributed by atoms with Gasteiger partial charge in [-0.3, -0.25) is 4.90 Å². The fraction of sp³-hybridized carbons (Fsp3) is 0.263. The fourth-order valence-corrected chi connectivity index (χ4v) is 7.67. The number of thiophene rings is 2. The molecular weight excluding hydrogens is 370 g/mol. The maximum absolute atomic E-state index is 13.0. The third kappa shape index (κ3) is 2.51. The molecular formula is C19H17NO2S3. The summed E-state index contributed by atoms with van der Waals surface area (Å²) < 4.78 is 26.0. The Balaban J connectivity index is 1.51. The van der Waals surface area contributed by atoms with Gasteiger partial charge in [-0.1, -0.05) is 12.1 Å². The number of hydrogen-bond acceptors (Lipinski definition) is 5. The summed E-state index contributed by atoms with van der Waals surface area (Å²) in [6.45, 7) is 2.29. The van der Waals surface area contributed by atoms with Crippen molar-refractivity contribution >= 4 is 32.5 Å². The van der Waals surface area contributed by atoms with E-state index in [2.05, 4.69) is 39.2 Å². The Hall–Kier alpha value is -1.47. The number of nitrogens with zero attached hydrogens (tertiary/aromatic N) is 1. The minimum atomic E-state index is -3.22. The zero-order valence-electron chi connectivity index (χ0n) is 13.5. The number of likely N-dealkylation sites (tertiary alicyclic amines) is 1. The Bertz CT molecular complexity index is 1010. The molecule has 128 valence electrons. The molecule has 0 spiro atoms. The number of fused-ring (bicyclic) bond motifs is 3. The molecule has 2 atom stereocenters. The molecule has 1 aromatic carbocycles. The quantitative estimate of drug-likeness (QED) is 0.675. The van der Waals surface area contributed by atoms with Crippen LogP contribution in [-0.4, -0.2) is 31.7 Å². The molecule has 3 nitrogen and oxygen atoms in total. The minimum absolute atomic E-state index is 0.0959. The SMILES string of the molecule is O=S1(=O)c2ccc(-c3cccs3)cc2C2CN(Cc3ccsc3)CC21. The molecule has 0 aliphatic carbocycles. The summed E-state index contributed by atoms with van der Waals surface area (Å²) in [5.41, 5.74) is 3.42. The van der Waals surface area contributed by atoms with Gasteiger partial charge < -0.3 is 0 Å². The van der Waals surface area contributed by atoms with Gasteiger partial charge in [0.1, 0.15) is 0 Å². The first-order valence-corrected chi connectivity index (χ1v) is 11.6. The predicted molar refractivity (Wildman–Crippen MR) is 103 cm³/mol. The van der Waals surface area contributed by atoms with Crippen LogP contribution in [-0.2, 0) is 16.4 Å². The molecule has 3 aromatic rings. The van der Waals surface area contributed by atoms with Crippen LogP contribution in [0.5, 0.6) is 0 Å². The van der Waals surface area contributed by atoms with Gasteiger partial charge in [0.25, 0.3) is 0 Å². The monoisotopic (exact) mass is 387 g/mol. The van der Waals surface area contributed by atoms with Gasteiger partial charge >= 0.3 is 0 Å². The van der Waals surface area contributed by atoms with Crippen molar-refractivity contribution in [2.45, 2.75) is 22.6 Å². The third-order valence-electron chi connectivity index (χ3n) is 5.25. The first kappa shape index (κ1) is 15.8. The number of benzene rings is 1. The highest BCUT2D eigenvalue weighted by molar-refractivity contribution is 7.92. The van der Waals surface area contributed by atoms with Crippen LogP contribution < -0.4 is 0 Å². The number of hydrogen-bond donors (Lipinski definition) is 0. The lowest BCUT2D eigenvalue weighted by atomic mass is 9.96. The molecule has 0 radical (unpaired) electrons. The Morgan fingerprint density at radius 2 is 2.04 bits per heavy atom. The molecule has 25 heavy (non-hydrogen) atoms. The molecule has 0 N–H and O–H groups in total. The van der Waals surface area contributed by atoms with Crippen LogP contribution in [0.1, 0.15) is 17.0 Å². The average Bonchev–Trinajstić information content (AvgIpc) is 3.37. The fourth-order valence-electron chi connectivity index (χ4n) is 4.09. The molecule has 0 saturated carbocycles. The van der Waals surface area contributed by atoms with Gasteiger partial charge in [0.05, 0.1) is 10.1 Å². The highest BCUT2D eigenvalue weighted by atomic mass is 32.2. The molecule has 0 bridgehead atoms. The lowest BCUT2D eigenvalue weighted by Gasteiger charge is -2.16. The molecule has 4 heterocycles. The summed E-state index contributed by atoms with van der Waals surface area (Å²) >= 11 is 3.38. The second-order valence-corrected chi connectivity index (χ2v) is 10.6. The van der Waals surface area contributed by atoms with Gasteiger partial charge in [-0.25, -0.2) is 8.42 Å². The second kappa shape index (κ2) is 5.77. The first-order valence-electron chi connectivity index (χ1n) is 8.28. The van der Waals surface area contributed by atoms with Crippen molar-refractivity contribution in [1.82, 2.24) is 4.90 Å². The van der Waals surface area contributed by atoms with E-state index in [1.165, 1.54) is 10.4 Å². The maximum Gasteiger partial charge on any atom is 0.183 e. The summed E-state index contributed by atoms with van der Waals surface area (Å²) in [6, 6.07) is 12.1. The van der Waals surface area contributed by atoms with E-state index in [4.69, 9.17) is 0 Å². The zero-order chi connectivity index (χ0) is 17.0. The van der Waals surface area contributed by atoms with Crippen LogP contribution in [0.2, 0.25) is 0 Å². The van der Waals surface area contributed by atoms with Gasteiger partial charge in [-0.05, 0) is 57.1 Å². The highest BCUT2D eigenvalue weighted by Gasteiger charge is 2.50. The molecule has 2 aromatic heterocycles. The van der Waals surface area contributed by atoms with Crippen molar-refractivity contribution in [1.29, 1.82) is 0 Å². The molecule has 1 saturated heterocycles. The second-order valence-electron chi connectivity index (χ2n) is 6.75. The predicted octanol–water partition coefficient (Wildman–Crippen LogP) is 4.23. The number of rotatable bonds is 3. The average molecular weight is 388 g/mol. The summed E-state index contributed by atoms with van der Waals surface area (Å²) in [5, 5.41) is 5.98. The third-order valence-corrected chi connectivity index (χ3v) is 9.16. The smallest absolute Gasteiger partial charge is 0.183 e. The molecule has 2 unspecified atom stereocenters. The normalized spacial score (nSPS) is 24.3.